The van der Waals surface area contributed by atoms with Gasteiger partial charge in [0.25, 0.3) is 17.2 Å². The lowest BCUT2D eigenvalue weighted by Gasteiger charge is -2.08. The van der Waals surface area contributed by atoms with Gasteiger partial charge in [-0.2, -0.15) is 22.7 Å². The van der Waals surface area contributed by atoms with Crippen LogP contribution in [-0.4, -0.2) is 29.4 Å². The van der Waals surface area contributed by atoms with E-state index in [-0.39, 0.29) is 21.8 Å². The molecule has 0 bridgehead atoms. The first-order valence-corrected chi connectivity index (χ1v) is 7.69. The molecule has 0 unspecified atom stereocenters. The number of alkyl halides is 3. The molecule has 0 N–H and O–H groups in total. The summed E-state index contributed by atoms with van der Waals surface area (Å²) in [6, 6.07) is 5.93. The Morgan fingerprint density at radius 1 is 1.04 bits per heavy atom. The molecule has 1 aromatic carbocycles. The van der Waals surface area contributed by atoms with Gasteiger partial charge in [0.05, 0.1) is 15.7 Å². The average molecular weight is 401 g/mol. The second-order valence-corrected chi connectivity index (χ2v) is 5.98. The molecule has 0 atom stereocenters. The lowest BCUT2D eigenvalue weighted by molar-refractivity contribution is -0.144. The molecule has 4 rings (SSSR count). The predicted molar refractivity (Wildman–Crippen MR) is 86.7 cm³/mol. The van der Waals surface area contributed by atoms with Gasteiger partial charge < -0.3 is 0 Å². The van der Waals surface area contributed by atoms with Gasteiger partial charge in [0.15, 0.2) is 5.52 Å². The van der Waals surface area contributed by atoms with Crippen LogP contribution in [0.4, 0.5) is 13.2 Å². The van der Waals surface area contributed by atoms with E-state index in [4.69, 9.17) is 23.2 Å². The largest absolute Gasteiger partial charge is 0.453 e. The normalized spacial score (nSPS) is 12.2. The Kier molecular flexibility index (Phi) is 3.63. The van der Waals surface area contributed by atoms with Gasteiger partial charge in [0.2, 0.25) is 0 Å². The van der Waals surface area contributed by atoms with Crippen LogP contribution < -0.4 is 5.56 Å². The lowest BCUT2D eigenvalue weighted by Crippen LogP contribution is -2.20. The molecule has 7 nitrogen and oxygen atoms in total. The summed E-state index contributed by atoms with van der Waals surface area (Å²) in [6.07, 6.45) is -3.38. The molecular weight excluding hydrogens is 396 g/mol. The molecule has 4 aromatic rings. The SMILES string of the molecule is O=c1c2nnc3nc(C(F)(F)F)nn3c2ccn1-c1ccc(Cl)c(Cl)c1. The summed E-state index contributed by atoms with van der Waals surface area (Å²) in [5, 5.41) is 11.2. The Hall–Kier alpha value is -2.72. The summed E-state index contributed by atoms with van der Waals surface area (Å²) >= 11 is 11.8. The Morgan fingerprint density at radius 2 is 1.81 bits per heavy atom. The van der Waals surface area contributed by atoms with Crippen molar-refractivity contribution >= 4 is 40.0 Å². The molecule has 0 spiro atoms. The number of hydrogen-bond donors (Lipinski definition) is 0. The fraction of sp³-hybridized carbons (Fsp3) is 0.0714. The van der Waals surface area contributed by atoms with Gasteiger partial charge in [0, 0.05) is 6.20 Å². The van der Waals surface area contributed by atoms with Crippen molar-refractivity contribution in [2.24, 2.45) is 0 Å². The minimum atomic E-state index is -4.74. The van der Waals surface area contributed by atoms with Crippen LogP contribution in [0.15, 0.2) is 35.3 Å². The molecule has 12 heteroatoms. The molecular formula is C14H5Cl2F3N6O. The van der Waals surface area contributed by atoms with Crippen LogP contribution in [0, 0.1) is 0 Å². The van der Waals surface area contributed by atoms with E-state index in [0.717, 1.165) is 4.52 Å². The maximum atomic E-state index is 12.8. The summed E-state index contributed by atoms with van der Waals surface area (Å²) in [6.45, 7) is 0. The number of halogens is 5. The first kappa shape index (κ1) is 16.7. The van der Waals surface area contributed by atoms with E-state index in [1.807, 2.05) is 0 Å². The van der Waals surface area contributed by atoms with Crippen LogP contribution in [0.1, 0.15) is 5.82 Å². The van der Waals surface area contributed by atoms with Crippen molar-refractivity contribution in [3.8, 4) is 5.69 Å². The predicted octanol–water partition coefficient (Wildman–Crippen LogP) is 3.15. The van der Waals surface area contributed by atoms with E-state index >= 15 is 0 Å². The Morgan fingerprint density at radius 3 is 2.50 bits per heavy atom. The first-order valence-electron chi connectivity index (χ1n) is 6.93. The number of nitrogens with zero attached hydrogens (tertiary/aromatic N) is 6. The molecule has 0 aliphatic heterocycles. The minimum absolute atomic E-state index is 0.0410. The van der Waals surface area contributed by atoms with Crippen LogP contribution in [0.3, 0.4) is 0 Å². The minimum Gasteiger partial charge on any atom is -0.282 e. The van der Waals surface area contributed by atoms with Crippen LogP contribution in [0.25, 0.3) is 22.5 Å². The van der Waals surface area contributed by atoms with Crippen molar-refractivity contribution in [1.29, 1.82) is 0 Å². The highest BCUT2D eigenvalue weighted by atomic mass is 35.5. The molecule has 0 saturated carbocycles. The number of pyridine rings is 1. The maximum absolute atomic E-state index is 12.8. The van der Waals surface area contributed by atoms with Crippen molar-refractivity contribution < 1.29 is 13.2 Å². The number of rotatable bonds is 1. The van der Waals surface area contributed by atoms with E-state index < -0.39 is 17.6 Å². The smallest absolute Gasteiger partial charge is 0.282 e. The number of hydrogen-bond acceptors (Lipinski definition) is 5. The standard InChI is InChI=1S/C14H5Cl2F3N6O/c15-7-2-1-6(5-8(7)16)24-4-3-9-10(11(24)26)21-22-13-20-12(14(17,18)19)23-25(9)13/h1-5H. The highest BCUT2D eigenvalue weighted by Gasteiger charge is 2.36. The van der Waals surface area contributed by atoms with Crippen molar-refractivity contribution in [2.45, 2.75) is 6.18 Å². The summed E-state index contributed by atoms with van der Waals surface area (Å²) in [5.74, 6) is -1.73. The summed E-state index contributed by atoms with van der Waals surface area (Å²) < 4.78 is 40.4. The summed E-state index contributed by atoms with van der Waals surface area (Å²) in [4.78, 5) is 16.0. The van der Waals surface area contributed by atoms with Gasteiger partial charge >= 0.3 is 6.18 Å². The van der Waals surface area contributed by atoms with E-state index in [0.29, 0.717) is 10.7 Å². The molecule has 26 heavy (non-hydrogen) atoms. The highest BCUT2D eigenvalue weighted by molar-refractivity contribution is 6.42. The zero-order valence-electron chi connectivity index (χ0n) is 12.4. The van der Waals surface area contributed by atoms with Gasteiger partial charge in [-0.25, -0.2) is 0 Å². The monoisotopic (exact) mass is 400 g/mol. The van der Waals surface area contributed by atoms with Crippen molar-refractivity contribution in [1.82, 2.24) is 29.4 Å². The number of fused-ring (bicyclic) bond motifs is 3. The van der Waals surface area contributed by atoms with Crippen molar-refractivity contribution in [3.63, 3.8) is 0 Å². The number of benzene rings is 1. The first-order chi connectivity index (χ1) is 12.3. The maximum Gasteiger partial charge on any atom is 0.453 e. The third-order valence-electron chi connectivity index (χ3n) is 3.54. The fourth-order valence-electron chi connectivity index (χ4n) is 2.36. The highest BCUT2D eigenvalue weighted by Crippen LogP contribution is 2.27. The second kappa shape index (κ2) is 5.64. The topological polar surface area (TPSA) is 78.0 Å². The van der Waals surface area contributed by atoms with Gasteiger partial charge in [-0.3, -0.25) is 9.36 Å². The zero-order valence-corrected chi connectivity index (χ0v) is 13.9. The van der Waals surface area contributed by atoms with Gasteiger partial charge in [-0.15, -0.1) is 15.3 Å². The molecule has 0 radical (unpaired) electrons. The zero-order chi connectivity index (χ0) is 18.6. The van der Waals surface area contributed by atoms with Crippen molar-refractivity contribution in [2.75, 3.05) is 0 Å². The van der Waals surface area contributed by atoms with Crippen LogP contribution in [-0.2, 0) is 6.18 Å². The fourth-order valence-corrected chi connectivity index (χ4v) is 2.66. The van der Waals surface area contributed by atoms with Crippen LogP contribution in [0.2, 0.25) is 10.0 Å². The molecule has 0 aliphatic carbocycles. The Bertz CT molecular complexity index is 1230. The third kappa shape index (κ3) is 2.58. The third-order valence-corrected chi connectivity index (χ3v) is 4.28. The second-order valence-electron chi connectivity index (χ2n) is 5.17. The summed E-state index contributed by atoms with van der Waals surface area (Å²) in [5.41, 5.74) is -0.342. The summed E-state index contributed by atoms with van der Waals surface area (Å²) in [7, 11) is 0. The van der Waals surface area contributed by atoms with Crippen LogP contribution >= 0.6 is 23.2 Å². The molecule has 3 aromatic heterocycles. The van der Waals surface area contributed by atoms with E-state index in [9.17, 15) is 18.0 Å². The Labute approximate surface area is 151 Å². The molecule has 0 saturated heterocycles. The molecule has 0 amide bonds. The lowest BCUT2D eigenvalue weighted by atomic mass is 10.3. The molecule has 3 heterocycles. The Balaban J connectivity index is 1.97. The number of aromatic nitrogens is 6. The van der Waals surface area contributed by atoms with E-state index in [1.165, 1.54) is 29.0 Å². The molecule has 132 valence electrons. The van der Waals surface area contributed by atoms with E-state index in [1.54, 1.807) is 6.07 Å². The van der Waals surface area contributed by atoms with Crippen LogP contribution in [0.5, 0.6) is 0 Å². The molecule has 0 fully saturated rings. The molecule has 0 aliphatic rings. The van der Waals surface area contributed by atoms with Crippen molar-refractivity contribution in [3.05, 3.63) is 56.7 Å². The quantitative estimate of drug-likeness (QED) is 0.490. The van der Waals surface area contributed by atoms with Gasteiger partial charge in [-0.05, 0) is 24.3 Å². The average Bonchev–Trinajstić information content (AvgIpc) is 3.03. The van der Waals surface area contributed by atoms with Gasteiger partial charge in [0.1, 0.15) is 5.52 Å². The van der Waals surface area contributed by atoms with Gasteiger partial charge in [-0.1, -0.05) is 23.2 Å². The van der Waals surface area contributed by atoms with E-state index in [2.05, 4.69) is 20.3 Å².